The highest BCUT2D eigenvalue weighted by atomic mass is 16.3. The van der Waals surface area contributed by atoms with Crippen molar-refractivity contribution in [3.8, 4) is 0 Å². The van der Waals surface area contributed by atoms with E-state index in [4.69, 9.17) is 10.3 Å². The molecule has 0 saturated carbocycles. The van der Waals surface area contributed by atoms with Gasteiger partial charge in [0.05, 0.1) is 6.04 Å². The summed E-state index contributed by atoms with van der Waals surface area (Å²) < 4.78 is 5.29. The zero-order chi connectivity index (χ0) is 7.56. The van der Waals surface area contributed by atoms with Gasteiger partial charge in [-0.05, 0) is 26.0 Å². The molecule has 1 atom stereocenters. The largest absolute Gasteiger partial charge is 0.465 e. The number of rotatable bonds is 2. The van der Waals surface area contributed by atoms with Crippen molar-refractivity contribution in [3.63, 3.8) is 0 Å². The smallest absolute Gasteiger partial charge is 0.122 e. The third-order valence-electron chi connectivity index (χ3n) is 1.44. The zero-order valence-electron chi connectivity index (χ0n) is 6.22. The maximum atomic E-state index is 5.29. The van der Waals surface area contributed by atoms with E-state index < -0.39 is 0 Å². The van der Waals surface area contributed by atoms with Gasteiger partial charge in [-0.25, -0.2) is 0 Å². The highest BCUT2D eigenvalue weighted by molar-refractivity contribution is 5.08. The molecular weight excluding hydrogens is 128 g/mol. The van der Waals surface area contributed by atoms with Gasteiger partial charge in [0.15, 0.2) is 0 Å². The Morgan fingerprint density at radius 1 is 1.60 bits per heavy atom. The Morgan fingerprint density at radius 3 is 2.70 bits per heavy atom. The number of hydrogen-bond donors (Lipinski definition) is 2. The second-order valence-corrected chi connectivity index (χ2v) is 2.34. The predicted molar refractivity (Wildman–Crippen MR) is 39.2 cm³/mol. The Hall–Kier alpha value is -0.800. The molecule has 0 radical (unpaired) electrons. The van der Waals surface area contributed by atoms with Crippen molar-refractivity contribution < 1.29 is 4.42 Å². The van der Waals surface area contributed by atoms with Crippen molar-refractivity contribution in [2.24, 2.45) is 5.84 Å². The molecule has 0 aliphatic rings. The third kappa shape index (κ3) is 1.37. The second-order valence-electron chi connectivity index (χ2n) is 2.34. The maximum Gasteiger partial charge on any atom is 0.122 e. The van der Waals surface area contributed by atoms with E-state index in [0.29, 0.717) is 0 Å². The summed E-state index contributed by atoms with van der Waals surface area (Å²) in [5, 5.41) is 0. The topological polar surface area (TPSA) is 51.2 Å². The molecule has 0 fully saturated rings. The van der Waals surface area contributed by atoms with Crippen LogP contribution in [0, 0.1) is 6.92 Å². The molecular formula is C7H12N2O. The van der Waals surface area contributed by atoms with E-state index in [1.165, 1.54) is 0 Å². The molecule has 10 heavy (non-hydrogen) atoms. The first kappa shape index (κ1) is 7.31. The van der Waals surface area contributed by atoms with Crippen molar-refractivity contribution >= 4 is 0 Å². The zero-order valence-corrected chi connectivity index (χ0v) is 6.22. The minimum absolute atomic E-state index is 0.0914. The summed E-state index contributed by atoms with van der Waals surface area (Å²) in [5.74, 6) is 6.99. The molecule has 1 aromatic heterocycles. The van der Waals surface area contributed by atoms with Gasteiger partial charge in [-0.3, -0.25) is 11.3 Å². The number of nitrogens with one attached hydrogen (secondary N) is 1. The van der Waals surface area contributed by atoms with E-state index in [1.807, 2.05) is 26.0 Å². The van der Waals surface area contributed by atoms with Crippen LogP contribution in [0.15, 0.2) is 16.5 Å². The summed E-state index contributed by atoms with van der Waals surface area (Å²) >= 11 is 0. The van der Waals surface area contributed by atoms with Crippen molar-refractivity contribution in [1.82, 2.24) is 5.43 Å². The van der Waals surface area contributed by atoms with Gasteiger partial charge >= 0.3 is 0 Å². The van der Waals surface area contributed by atoms with Crippen LogP contribution in [-0.4, -0.2) is 0 Å². The Labute approximate surface area is 60.2 Å². The quantitative estimate of drug-likeness (QED) is 0.478. The van der Waals surface area contributed by atoms with Gasteiger partial charge in [-0.2, -0.15) is 0 Å². The monoisotopic (exact) mass is 140 g/mol. The van der Waals surface area contributed by atoms with Crippen LogP contribution in [0.4, 0.5) is 0 Å². The van der Waals surface area contributed by atoms with Crippen LogP contribution in [0.25, 0.3) is 0 Å². The molecule has 56 valence electrons. The summed E-state index contributed by atoms with van der Waals surface area (Å²) in [6.45, 7) is 3.85. The lowest BCUT2D eigenvalue weighted by molar-refractivity contribution is 0.421. The highest BCUT2D eigenvalue weighted by Gasteiger charge is 2.05. The minimum atomic E-state index is 0.0914. The molecule has 0 aliphatic heterocycles. The Kier molecular flexibility index (Phi) is 2.09. The third-order valence-corrected chi connectivity index (χ3v) is 1.44. The van der Waals surface area contributed by atoms with Gasteiger partial charge in [0.25, 0.3) is 0 Å². The molecule has 0 aliphatic carbocycles. The van der Waals surface area contributed by atoms with Crippen LogP contribution in [0.2, 0.25) is 0 Å². The molecule has 0 amide bonds. The lowest BCUT2D eigenvalue weighted by Crippen LogP contribution is -2.25. The minimum Gasteiger partial charge on any atom is -0.465 e. The van der Waals surface area contributed by atoms with Crippen LogP contribution in [0.1, 0.15) is 24.5 Å². The lowest BCUT2D eigenvalue weighted by atomic mass is 10.3. The Balaban J connectivity index is 2.74. The van der Waals surface area contributed by atoms with E-state index in [0.717, 1.165) is 11.5 Å². The van der Waals surface area contributed by atoms with E-state index in [2.05, 4.69) is 5.43 Å². The Bertz CT molecular complexity index is 207. The standard InChI is InChI=1S/C7H12N2O/c1-5-3-4-7(10-5)6(2)9-8/h3-4,6,9H,8H2,1-2H3. The van der Waals surface area contributed by atoms with Crippen molar-refractivity contribution in [2.45, 2.75) is 19.9 Å². The molecule has 0 bridgehead atoms. The molecule has 3 N–H and O–H groups in total. The normalized spacial score (nSPS) is 13.5. The van der Waals surface area contributed by atoms with Crippen LogP contribution < -0.4 is 11.3 Å². The SMILES string of the molecule is Cc1ccc(C(C)NN)o1. The van der Waals surface area contributed by atoms with E-state index >= 15 is 0 Å². The fourth-order valence-electron chi connectivity index (χ4n) is 0.768. The number of furan rings is 1. The molecule has 1 heterocycles. The number of nitrogens with two attached hydrogens (primary N) is 1. The molecule has 1 rings (SSSR count). The predicted octanol–water partition coefficient (Wildman–Crippen LogP) is 1.11. The summed E-state index contributed by atoms with van der Waals surface area (Å²) in [5.41, 5.74) is 2.60. The van der Waals surface area contributed by atoms with Gasteiger partial charge < -0.3 is 4.42 Å². The molecule has 1 unspecified atom stereocenters. The van der Waals surface area contributed by atoms with Gasteiger partial charge in [0.1, 0.15) is 11.5 Å². The van der Waals surface area contributed by atoms with Gasteiger partial charge in [0.2, 0.25) is 0 Å². The Morgan fingerprint density at radius 2 is 2.30 bits per heavy atom. The molecule has 1 aromatic rings. The van der Waals surface area contributed by atoms with Gasteiger partial charge in [-0.15, -0.1) is 0 Å². The van der Waals surface area contributed by atoms with Gasteiger partial charge in [-0.1, -0.05) is 0 Å². The highest BCUT2D eigenvalue weighted by Crippen LogP contribution is 2.13. The van der Waals surface area contributed by atoms with Crippen molar-refractivity contribution in [3.05, 3.63) is 23.7 Å². The van der Waals surface area contributed by atoms with Crippen molar-refractivity contribution in [1.29, 1.82) is 0 Å². The first-order valence-corrected chi connectivity index (χ1v) is 3.26. The summed E-state index contributed by atoms with van der Waals surface area (Å²) in [4.78, 5) is 0. The maximum absolute atomic E-state index is 5.29. The lowest BCUT2D eigenvalue weighted by Gasteiger charge is -2.04. The number of aryl methyl sites for hydroxylation is 1. The summed E-state index contributed by atoms with van der Waals surface area (Å²) in [6, 6.07) is 3.93. The van der Waals surface area contributed by atoms with Crippen LogP contribution in [0.3, 0.4) is 0 Å². The molecule has 0 aromatic carbocycles. The van der Waals surface area contributed by atoms with Crippen LogP contribution >= 0.6 is 0 Å². The molecule has 0 saturated heterocycles. The average molecular weight is 140 g/mol. The molecule has 3 nitrogen and oxygen atoms in total. The van der Waals surface area contributed by atoms with E-state index in [9.17, 15) is 0 Å². The van der Waals surface area contributed by atoms with E-state index in [1.54, 1.807) is 0 Å². The first-order valence-electron chi connectivity index (χ1n) is 3.26. The fraction of sp³-hybridized carbons (Fsp3) is 0.429. The van der Waals surface area contributed by atoms with Gasteiger partial charge in [0, 0.05) is 0 Å². The van der Waals surface area contributed by atoms with Crippen molar-refractivity contribution in [2.75, 3.05) is 0 Å². The van der Waals surface area contributed by atoms with Crippen LogP contribution in [-0.2, 0) is 0 Å². The summed E-state index contributed by atoms with van der Waals surface area (Å²) in [7, 11) is 0. The second kappa shape index (κ2) is 2.86. The summed E-state index contributed by atoms with van der Waals surface area (Å²) in [6.07, 6.45) is 0. The molecule has 0 spiro atoms. The number of hydrogen-bond acceptors (Lipinski definition) is 3. The molecule has 3 heteroatoms. The first-order chi connectivity index (χ1) is 4.74. The number of hydrazine groups is 1. The van der Waals surface area contributed by atoms with E-state index in [-0.39, 0.29) is 6.04 Å². The fourth-order valence-corrected chi connectivity index (χ4v) is 0.768. The van der Waals surface area contributed by atoms with Crippen LogP contribution in [0.5, 0.6) is 0 Å². The average Bonchev–Trinajstić information content (AvgIpc) is 2.34.